The molecule has 0 aliphatic rings. The van der Waals surface area contributed by atoms with E-state index < -0.39 is 11.9 Å². The Balaban J connectivity index is 2.62. The molecule has 82 valence electrons. The molecule has 0 saturated heterocycles. The topological polar surface area (TPSA) is 75.1 Å². The van der Waals surface area contributed by atoms with Crippen LogP contribution in [0.25, 0.3) is 0 Å². The Bertz CT molecular complexity index is 342. The van der Waals surface area contributed by atoms with Crippen molar-refractivity contribution in [2.45, 2.75) is 19.9 Å². The summed E-state index contributed by atoms with van der Waals surface area (Å²) in [5.41, 5.74) is 0. The molecule has 0 aromatic carbocycles. The van der Waals surface area contributed by atoms with Crippen LogP contribution >= 0.6 is 11.6 Å². The lowest BCUT2D eigenvalue weighted by Gasteiger charge is -2.17. The number of rotatable bonds is 4. The third-order valence-corrected chi connectivity index (χ3v) is 2.35. The fourth-order valence-corrected chi connectivity index (χ4v) is 1.07. The van der Waals surface area contributed by atoms with Gasteiger partial charge in [0.1, 0.15) is 5.82 Å². The highest BCUT2D eigenvalue weighted by atomic mass is 35.5. The molecule has 2 unspecified atom stereocenters. The molecule has 0 aliphatic heterocycles. The molecular formula is C9H12ClN3O2. The minimum absolute atomic E-state index is 0.224. The molecule has 1 aromatic rings. The Morgan fingerprint density at radius 1 is 1.47 bits per heavy atom. The number of anilines is 1. The van der Waals surface area contributed by atoms with Crippen LogP contribution in [-0.2, 0) is 4.79 Å². The van der Waals surface area contributed by atoms with Gasteiger partial charge in [0, 0.05) is 6.04 Å². The quantitative estimate of drug-likeness (QED) is 0.821. The van der Waals surface area contributed by atoms with E-state index in [-0.39, 0.29) is 6.04 Å². The van der Waals surface area contributed by atoms with Crippen molar-refractivity contribution in [1.29, 1.82) is 0 Å². The van der Waals surface area contributed by atoms with Gasteiger partial charge < -0.3 is 10.4 Å². The Morgan fingerprint density at radius 3 is 2.60 bits per heavy atom. The fourth-order valence-electron chi connectivity index (χ4n) is 0.965. The second kappa shape index (κ2) is 4.93. The average Bonchev–Trinajstić information content (AvgIpc) is 2.20. The van der Waals surface area contributed by atoms with E-state index in [2.05, 4.69) is 15.5 Å². The molecule has 15 heavy (non-hydrogen) atoms. The highest BCUT2D eigenvalue weighted by Gasteiger charge is 2.19. The first kappa shape index (κ1) is 11.7. The number of hydrogen-bond donors (Lipinski definition) is 2. The van der Waals surface area contributed by atoms with Gasteiger partial charge in [0.25, 0.3) is 0 Å². The van der Waals surface area contributed by atoms with Crippen molar-refractivity contribution in [2.75, 3.05) is 5.32 Å². The minimum Gasteiger partial charge on any atom is -0.481 e. The number of nitrogens with zero attached hydrogens (tertiary/aromatic N) is 2. The summed E-state index contributed by atoms with van der Waals surface area (Å²) in [5, 5.41) is 19.4. The van der Waals surface area contributed by atoms with Crippen molar-refractivity contribution in [3.63, 3.8) is 0 Å². The first-order chi connectivity index (χ1) is 7.00. The van der Waals surface area contributed by atoms with Crippen molar-refractivity contribution in [2.24, 2.45) is 5.92 Å². The summed E-state index contributed by atoms with van der Waals surface area (Å²) in [6.07, 6.45) is 0. The molecule has 2 N–H and O–H groups in total. The molecule has 0 fully saturated rings. The third kappa shape index (κ3) is 3.36. The zero-order valence-electron chi connectivity index (χ0n) is 8.44. The van der Waals surface area contributed by atoms with E-state index in [1.165, 1.54) is 0 Å². The van der Waals surface area contributed by atoms with E-state index in [1.807, 2.05) is 0 Å². The van der Waals surface area contributed by atoms with Gasteiger partial charge in [0.15, 0.2) is 5.15 Å². The maximum absolute atomic E-state index is 10.7. The number of hydrogen-bond acceptors (Lipinski definition) is 4. The van der Waals surface area contributed by atoms with Gasteiger partial charge in [-0.05, 0) is 26.0 Å². The standard InChI is InChI=1S/C9H12ClN3O2/c1-5(9(14)15)6(2)11-8-4-3-7(10)12-13-8/h3-6H,1-2H3,(H,11,13)(H,14,15). The van der Waals surface area contributed by atoms with E-state index in [0.717, 1.165) is 0 Å². The summed E-state index contributed by atoms with van der Waals surface area (Å²) in [6.45, 7) is 3.40. The van der Waals surface area contributed by atoms with Crippen molar-refractivity contribution < 1.29 is 9.90 Å². The number of aromatic nitrogens is 2. The van der Waals surface area contributed by atoms with Gasteiger partial charge in [0.05, 0.1) is 5.92 Å². The summed E-state index contributed by atoms with van der Waals surface area (Å²) in [4.78, 5) is 10.7. The van der Waals surface area contributed by atoms with E-state index in [0.29, 0.717) is 11.0 Å². The van der Waals surface area contributed by atoms with Crippen molar-refractivity contribution in [3.8, 4) is 0 Å². The minimum atomic E-state index is -0.850. The maximum Gasteiger partial charge on any atom is 0.308 e. The van der Waals surface area contributed by atoms with E-state index in [1.54, 1.807) is 26.0 Å². The van der Waals surface area contributed by atoms with Gasteiger partial charge >= 0.3 is 5.97 Å². The van der Waals surface area contributed by atoms with Crippen LogP contribution in [0, 0.1) is 5.92 Å². The number of aliphatic carboxylic acids is 1. The van der Waals surface area contributed by atoms with Gasteiger partial charge in [-0.15, -0.1) is 10.2 Å². The SMILES string of the molecule is CC(Nc1ccc(Cl)nn1)C(C)C(=O)O. The van der Waals surface area contributed by atoms with Crippen LogP contribution < -0.4 is 5.32 Å². The van der Waals surface area contributed by atoms with Crippen LogP contribution in [0.4, 0.5) is 5.82 Å². The number of halogens is 1. The summed E-state index contributed by atoms with van der Waals surface area (Å²) in [5.74, 6) is -0.834. The number of carbonyl (C=O) groups is 1. The van der Waals surface area contributed by atoms with Gasteiger partial charge in [-0.1, -0.05) is 11.6 Å². The lowest BCUT2D eigenvalue weighted by molar-refractivity contribution is -0.141. The van der Waals surface area contributed by atoms with Crippen LogP contribution in [0.1, 0.15) is 13.8 Å². The van der Waals surface area contributed by atoms with Crippen LogP contribution in [-0.4, -0.2) is 27.3 Å². The van der Waals surface area contributed by atoms with Gasteiger partial charge in [-0.2, -0.15) is 0 Å². The molecule has 0 spiro atoms. The van der Waals surface area contributed by atoms with E-state index in [4.69, 9.17) is 16.7 Å². The van der Waals surface area contributed by atoms with Crippen LogP contribution in [0.15, 0.2) is 12.1 Å². The maximum atomic E-state index is 10.7. The molecule has 1 rings (SSSR count). The normalized spacial score (nSPS) is 14.3. The van der Waals surface area contributed by atoms with E-state index in [9.17, 15) is 4.79 Å². The Morgan fingerprint density at radius 2 is 2.13 bits per heavy atom. The highest BCUT2D eigenvalue weighted by Crippen LogP contribution is 2.11. The molecule has 1 aromatic heterocycles. The first-order valence-electron chi connectivity index (χ1n) is 4.49. The zero-order valence-corrected chi connectivity index (χ0v) is 9.19. The summed E-state index contributed by atoms with van der Waals surface area (Å²) < 4.78 is 0. The first-order valence-corrected chi connectivity index (χ1v) is 4.87. The molecule has 0 saturated carbocycles. The number of nitrogens with one attached hydrogen (secondary N) is 1. The monoisotopic (exact) mass is 229 g/mol. The second-order valence-corrected chi connectivity index (χ2v) is 3.69. The van der Waals surface area contributed by atoms with Crippen LogP contribution in [0.2, 0.25) is 5.15 Å². The second-order valence-electron chi connectivity index (χ2n) is 3.30. The Kier molecular flexibility index (Phi) is 3.85. The molecule has 2 atom stereocenters. The molecule has 5 nitrogen and oxygen atoms in total. The average molecular weight is 230 g/mol. The molecular weight excluding hydrogens is 218 g/mol. The van der Waals surface area contributed by atoms with E-state index >= 15 is 0 Å². The molecule has 0 aliphatic carbocycles. The molecule has 6 heteroatoms. The molecule has 0 radical (unpaired) electrons. The van der Waals surface area contributed by atoms with Gasteiger partial charge in [-0.25, -0.2) is 0 Å². The Hall–Kier alpha value is -1.36. The zero-order chi connectivity index (χ0) is 11.4. The van der Waals surface area contributed by atoms with Crippen molar-refractivity contribution in [1.82, 2.24) is 10.2 Å². The smallest absolute Gasteiger partial charge is 0.308 e. The van der Waals surface area contributed by atoms with Crippen molar-refractivity contribution in [3.05, 3.63) is 17.3 Å². The predicted molar refractivity (Wildman–Crippen MR) is 56.9 cm³/mol. The lowest BCUT2D eigenvalue weighted by atomic mass is 10.0. The number of carboxylic acids is 1. The molecule has 1 heterocycles. The van der Waals surface area contributed by atoms with Gasteiger partial charge in [0.2, 0.25) is 0 Å². The third-order valence-electron chi connectivity index (χ3n) is 2.15. The number of carboxylic acid groups (broad SMARTS) is 1. The summed E-state index contributed by atoms with van der Waals surface area (Å²) >= 11 is 5.57. The van der Waals surface area contributed by atoms with Crippen molar-refractivity contribution >= 4 is 23.4 Å². The largest absolute Gasteiger partial charge is 0.481 e. The van der Waals surface area contributed by atoms with Crippen LogP contribution in [0.5, 0.6) is 0 Å². The highest BCUT2D eigenvalue weighted by molar-refractivity contribution is 6.29. The summed E-state index contributed by atoms with van der Waals surface area (Å²) in [7, 11) is 0. The lowest BCUT2D eigenvalue weighted by Crippen LogP contribution is -2.30. The fraction of sp³-hybridized carbons (Fsp3) is 0.444. The Labute approximate surface area is 92.5 Å². The van der Waals surface area contributed by atoms with Crippen LogP contribution in [0.3, 0.4) is 0 Å². The molecule has 0 amide bonds. The van der Waals surface area contributed by atoms with Gasteiger partial charge in [-0.3, -0.25) is 4.79 Å². The summed E-state index contributed by atoms with van der Waals surface area (Å²) in [6, 6.07) is 3.02. The predicted octanol–water partition coefficient (Wildman–Crippen LogP) is 1.65. The molecule has 0 bridgehead atoms.